The Labute approximate surface area is 120 Å². The number of hydrogen-bond acceptors (Lipinski definition) is 4. The molecule has 1 aliphatic heterocycles. The standard InChI is InChI=1S/C13H15BF3NO3/c1-11(2)12(3,4)21-14(20-11)10-6-18-5-9(8(10)7-19)13(15,16)17/h5-7H,1-4H3. The number of carbonyl (C=O) groups excluding carboxylic acids is 1. The average molecular weight is 301 g/mol. The summed E-state index contributed by atoms with van der Waals surface area (Å²) in [6.45, 7) is 7.09. The van der Waals surface area contributed by atoms with Crippen molar-refractivity contribution in [3.05, 3.63) is 23.5 Å². The number of alkyl halides is 3. The monoisotopic (exact) mass is 301 g/mol. The van der Waals surface area contributed by atoms with E-state index < -0.39 is 35.6 Å². The van der Waals surface area contributed by atoms with E-state index in [2.05, 4.69) is 4.98 Å². The van der Waals surface area contributed by atoms with Gasteiger partial charge in [0.25, 0.3) is 0 Å². The molecule has 0 unspecified atom stereocenters. The van der Waals surface area contributed by atoms with Crippen LogP contribution in [0.25, 0.3) is 0 Å². The van der Waals surface area contributed by atoms with Gasteiger partial charge in [-0.15, -0.1) is 0 Å². The Balaban J connectivity index is 2.50. The van der Waals surface area contributed by atoms with E-state index in [1.54, 1.807) is 27.7 Å². The highest BCUT2D eigenvalue weighted by atomic mass is 19.4. The molecule has 0 aromatic carbocycles. The van der Waals surface area contributed by atoms with Crippen molar-refractivity contribution >= 4 is 18.9 Å². The van der Waals surface area contributed by atoms with E-state index in [4.69, 9.17) is 9.31 Å². The van der Waals surface area contributed by atoms with Gasteiger partial charge >= 0.3 is 13.3 Å². The summed E-state index contributed by atoms with van der Waals surface area (Å²) >= 11 is 0. The van der Waals surface area contributed by atoms with Crippen molar-refractivity contribution in [2.24, 2.45) is 0 Å². The minimum absolute atomic E-state index is 0.0153. The summed E-state index contributed by atoms with van der Waals surface area (Å²) in [6.07, 6.45) is -2.71. The molecule has 4 nitrogen and oxygen atoms in total. The van der Waals surface area contributed by atoms with Crippen LogP contribution in [0.1, 0.15) is 43.6 Å². The summed E-state index contributed by atoms with van der Waals surface area (Å²) in [5.74, 6) is 0. The molecule has 0 aliphatic carbocycles. The molecule has 0 saturated carbocycles. The van der Waals surface area contributed by atoms with Crippen LogP contribution in [0.3, 0.4) is 0 Å². The Morgan fingerprint density at radius 2 is 1.67 bits per heavy atom. The zero-order valence-electron chi connectivity index (χ0n) is 12.1. The molecule has 1 aliphatic rings. The first-order chi connectivity index (χ1) is 9.49. The molecular weight excluding hydrogens is 286 g/mol. The number of pyridine rings is 1. The highest BCUT2D eigenvalue weighted by molar-refractivity contribution is 6.63. The van der Waals surface area contributed by atoms with Crippen molar-refractivity contribution in [3.8, 4) is 0 Å². The topological polar surface area (TPSA) is 48.4 Å². The first-order valence-electron chi connectivity index (χ1n) is 6.35. The lowest BCUT2D eigenvalue weighted by Crippen LogP contribution is -2.41. The zero-order valence-corrected chi connectivity index (χ0v) is 12.1. The smallest absolute Gasteiger partial charge is 0.399 e. The molecule has 0 amide bonds. The molecule has 0 radical (unpaired) electrons. The van der Waals surface area contributed by atoms with Crippen molar-refractivity contribution in [3.63, 3.8) is 0 Å². The van der Waals surface area contributed by atoms with Crippen molar-refractivity contribution in [1.29, 1.82) is 0 Å². The number of hydrogen-bond donors (Lipinski definition) is 0. The molecule has 0 atom stereocenters. The highest BCUT2D eigenvalue weighted by Gasteiger charge is 2.53. The minimum Gasteiger partial charge on any atom is -0.399 e. The Bertz CT molecular complexity index is 556. The van der Waals surface area contributed by atoms with Crippen LogP contribution in [-0.2, 0) is 15.5 Å². The van der Waals surface area contributed by atoms with Gasteiger partial charge in [0.2, 0.25) is 0 Å². The summed E-state index contributed by atoms with van der Waals surface area (Å²) in [6, 6.07) is 0. The summed E-state index contributed by atoms with van der Waals surface area (Å²) in [5.41, 5.74) is -3.04. The number of carbonyl (C=O) groups is 1. The fraction of sp³-hybridized carbons (Fsp3) is 0.538. The Kier molecular flexibility index (Phi) is 3.66. The molecule has 1 aromatic heterocycles. The third-order valence-electron chi connectivity index (χ3n) is 3.95. The number of rotatable bonds is 2. The van der Waals surface area contributed by atoms with Crippen LogP contribution >= 0.6 is 0 Å². The fourth-order valence-corrected chi connectivity index (χ4v) is 2.00. The molecule has 2 rings (SSSR count). The van der Waals surface area contributed by atoms with Gasteiger partial charge in [-0.3, -0.25) is 9.78 Å². The molecule has 0 spiro atoms. The van der Waals surface area contributed by atoms with Crippen molar-refractivity contribution in [2.45, 2.75) is 45.1 Å². The minimum atomic E-state index is -4.66. The van der Waals surface area contributed by atoms with Crippen LogP contribution in [-0.4, -0.2) is 29.6 Å². The Morgan fingerprint density at radius 3 is 2.10 bits per heavy atom. The van der Waals surface area contributed by atoms with E-state index in [0.717, 1.165) is 0 Å². The zero-order chi connectivity index (χ0) is 16.1. The molecule has 21 heavy (non-hydrogen) atoms. The molecule has 1 fully saturated rings. The van der Waals surface area contributed by atoms with Crippen LogP contribution in [0.15, 0.2) is 12.4 Å². The molecular formula is C13H15BF3NO3. The first-order valence-corrected chi connectivity index (χ1v) is 6.35. The number of nitrogens with zero attached hydrogens (tertiary/aromatic N) is 1. The fourth-order valence-electron chi connectivity index (χ4n) is 2.00. The van der Waals surface area contributed by atoms with Crippen molar-refractivity contribution < 1.29 is 27.3 Å². The van der Waals surface area contributed by atoms with Gasteiger partial charge in [-0.05, 0) is 27.7 Å². The van der Waals surface area contributed by atoms with E-state index in [9.17, 15) is 18.0 Å². The highest BCUT2D eigenvalue weighted by Crippen LogP contribution is 2.37. The maximum atomic E-state index is 12.9. The van der Waals surface area contributed by atoms with Gasteiger partial charge in [-0.1, -0.05) is 0 Å². The average Bonchev–Trinajstić information content (AvgIpc) is 2.56. The predicted molar refractivity (Wildman–Crippen MR) is 70.3 cm³/mol. The number of halogens is 3. The van der Waals surface area contributed by atoms with Gasteiger partial charge in [-0.2, -0.15) is 13.2 Å². The summed E-state index contributed by atoms with van der Waals surface area (Å²) in [7, 11) is -1.06. The van der Waals surface area contributed by atoms with Crippen LogP contribution in [0, 0.1) is 0 Å². The van der Waals surface area contributed by atoms with Crippen LogP contribution < -0.4 is 5.46 Å². The lowest BCUT2D eigenvalue weighted by atomic mass is 9.76. The van der Waals surface area contributed by atoms with Gasteiger partial charge in [0.05, 0.1) is 16.8 Å². The molecule has 114 valence electrons. The summed E-state index contributed by atoms with van der Waals surface area (Å²) in [4.78, 5) is 14.7. The predicted octanol–water partition coefficient (Wildman–Crippen LogP) is 2.21. The van der Waals surface area contributed by atoms with E-state index >= 15 is 0 Å². The molecule has 1 saturated heterocycles. The van der Waals surface area contributed by atoms with Gasteiger partial charge in [-0.25, -0.2) is 0 Å². The second-order valence-corrected chi connectivity index (χ2v) is 5.89. The maximum Gasteiger partial charge on any atom is 0.497 e. The number of aldehydes is 1. The summed E-state index contributed by atoms with van der Waals surface area (Å²) in [5, 5.41) is 0. The quantitative estimate of drug-likeness (QED) is 0.621. The second-order valence-electron chi connectivity index (χ2n) is 5.89. The maximum absolute atomic E-state index is 12.9. The largest absolute Gasteiger partial charge is 0.497 e. The lowest BCUT2D eigenvalue weighted by Gasteiger charge is -2.32. The van der Waals surface area contributed by atoms with Crippen molar-refractivity contribution in [2.75, 3.05) is 0 Å². The van der Waals surface area contributed by atoms with Crippen LogP contribution in [0.5, 0.6) is 0 Å². The third kappa shape index (κ3) is 2.69. The lowest BCUT2D eigenvalue weighted by molar-refractivity contribution is -0.138. The van der Waals surface area contributed by atoms with Gasteiger partial charge in [0.1, 0.15) is 6.29 Å². The molecule has 2 heterocycles. The normalized spacial score (nSPS) is 20.6. The van der Waals surface area contributed by atoms with Crippen LogP contribution in [0.2, 0.25) is 0 Å². The van der Waals surface area contributed by atoms with Gasteiger partial charge < -0.3 is 9.31 Å². The molecule has 8 heteroatoms. The van der Waals surface area contributed by atoms with Gasteiger partial charge in [0, 0.05) is 23.4 Å². The molecule has 1 aromatic rings. The third-order valence-corrected chi connectivity index (χ3v) is 3.95. The van der Waals surface area contributed by atoms with Crippen molar-refractivity contribution in [1.82, 2.24) is 4.98 Å². The molecule has 0 N–H and O–H groups in total. The first kappa shape index (κ1) is 16.0. The van der Waals surface area contributed by atoms with E-state index in [1.807, 2.05) is 0 Å². The Hall–Kier alpha value is -1.41. The van der Waals surface area contributed by atoms with Crippen LogP contribution in [0.4, 0.5) is 13.2 Å². The van der Waals surface area contributed by atoms with Gasteiger partial charge in [0.15, 0.2) is 0 Å². The van der Waals surface area contributed by atoms with E-state index in [1.165, 1.54) is 6.20 Å². The Morgan fingerprint density at radius 1 is 1.14 bits per heavy atom. The van der Waals surface area contributed by atoms with E-state index in [0.29, 0.717) is 6.20 Å². The molecule has 0 bridgehead atoms. The van der Waals surface area contributed by atoms with E-state index in [-0.39, 0.29) is 11.7 Å². The summed E-state index contributed by atoms with van der Waals surface area (Å²) < 4.78 is 50.1. The SMILES string of the molecule is CC1(C)OB(c2cncc(C(F)(F)F)c2C=O)OC1(C)C. The second kappa shape index (κ2) is 4.81. The number of aromatic nitrogens is 1.